The van der Waals surface area contributed by atoms with Crippen LogP contribution in [0.2, 0.25) is 5.15 Å². The normalized spacial score (nSPS) is 13.9. The van der Waals surface area contributed by atoms with Gasteiger partial charge in [-0.15, -0.1) is 0 Å². The molecule has 0 amide bonds. The van der Waals surface area contributed by atoms with Crippen LogP contribution in [0.3, 0.4) is 0 Å². The van der Waals surface area contributed by atoms with Crippen LogP contribution in [-0.2, 0) is 0 Å². The predicted octanol–water partition coefficient (Wildman–Crippen LogP) is 2.83. The summed E-state index contributed by atoms with van der Waals surface area (Å²) in [4.78, 5) is 25.9. The lowest BCUT2D eigenvalue weighted by Gasteiger charge is -2.18. The average Bonchev–Trinajstić information content (AvgIpc) is 2.11. The van der Waals surface area contributed by atoms with Crippen LogP contribution in [0.1, 0.15) is 44.7 Å². The van der Waals surface area contributed by atoms with Crippen LogP contribution in [0.5, 0.6) is 0 Å². The molecule has 1 unspecified atom stereocenters. The second-order valence-corrected chi connectivity index (χ2v) is 5.03. The van der Waals surface area contributed by atoms with E-state index in [-0.39, 0.29) is 16.6 Å². The molecule has 8 heteroatoms. The van der Waals surface area contributed by atoms with Gasteiger partial charge in [0.1, 0.15) is 5.15 Å². The summed E-state index contributed by atoms with van der Waals surface area (Å²) in [5, 5.41) is -0.125. The maximum absolute atomic E-state index is 12.3. The fourth-order valence-corrected chi connectivity index (χ4v) is 2.24. The summed E-state index contributed by atoms with van der Waals surface area (Å²) in [6.07, 6.45) is -5.71. The Morgan fingerprint density at radius 1 is 1.26 bits per heavy atom. The van der Waals surface area contributed by atoms with Crippen LogP contribution < -0.4 is 11.2 Å². The van der Waals surface area contributed by atoms with Gasteiger partial charge < -0.3 is 0 Å². The highest BCUT2D eigenvalue weighted by Gasteiger charge is 2.32. The SMILES string of the molecule is CC(C)c1c(Cl)[nH]c(=O)n(C(C)CC(F)(F)F)c1=O. The van der Waals surface area contributed by atoms with Gasteiger partial charge in [0.25, 0.3) is 5.56 Å². The van der Waals surface area contributed by atoms with Gasteiger partial charge in [-0.25, -0.2) is 4.79 Å². The van der Waals surface area contributed by atoms with Crippen LogP contribution in [0.4, 0.5) is 13.2 Å². The molecule has 1 rings (SSSR count). The third kappa shape index (κ3) is 3.62. The standard InChI is InChI=1S/C11H14ClF3N2O2/c1-5(2)7-8(12)16-10(19)17(9(7)18)6(3)4-11(13,14)15/h5-6H,4H2,1-3H3,(H,16,19). The van der Waals surface area contributed by atoms with Crippen molar-refractivity contribution in [3.8, 4) is 0 Å². The summed E-state index contributed by atoms with van der Waals surface area (Å²) in [5.74, 6) is -0.304. The molecule has 1 atom stereocenters. The highest BCUT2D eigenvalue weighted by atomic mass is 35.5. The van der Waals surface area contributed by atoms with Crippen molar-refractivity contribution < 1.29 is 13.2 Å². The van der Waals surface area contributed by atoms with Crippen molar-refractivity contribution >= 4 is 11.6 Å². The number of aromatic nitrogens is 2. The second-order valence-electron chi connectivity index (χ2n) is 4.66. The first kappa shape index (κ1) is 15.8. The molecular formula is C11H14ClF3N2O2. The van der Waals surface area contributed by atoms with Crippen molar-refractivity contribution in [2.75, 3.05) is 0 Å². The van der Waals surface area contributed by atoms with Crippen molar-refractivity contribution in [1.82, 2.24) is 9.55 Å². The Kier molecular flexibility index (Phi) is 4.50. The molecule has 1 heterocycles. The van der Waals surface area contributed by atoms with Gasteiger partial charge in [-0.2, -0.15) is 13.2 Å². The topological polar surface area (TPSA) is 54.9 Å². The number of H-pyrrole nitrogens is 1. The molecule has 0 radical (unpaired) electrons. The summed E-state index contributed by atoms with van der Waals surface area (Å²) >= 11 is 5.75. The van der Waals surface area contributed by atoms with Crippen LogP contribution in [0, 0.1) is 0 Å². The lowest BCUT2D eigenvalue weighted by atomic mass is 10.1. The fraction of sp³-hybridized carbons (Fsp3) is 0.636. The minimum absolute atomic E-state index is 0.107. The first-order valence-corrected chi connectivity index (χ1v) is 6.03. The molecule has 0 aliphatic heterocycles. The van der Waals surface area contributed by atoms with Crippen molar-refractivity contribution in [3.05, 3.63) is 31.6 Å². The van der Waals surface area contributed by atoms with Gasteiger partial charge in [-0.3, -0.25) is 14.3 Å². The third-order valence-corrected chi connectivity index (χ3v) is 2.96. The van der Waals surface area contributed by atoms with Gasteiger partial charge in [0.05, 0.1) is 12.0 Å². The van der Waals surface area contributed by atoms with Gasteiger partial charge in [0.15, 0.2) is 0 Å². The molecule has 0 aromatic carbocycles. The molecule has 108 valence electrons. The van der Waals surface area contributed by atoms with Crippen LogP contribution >= 0.6 is 11.6 Å². The number of nitrogens with one attached hydrogen (secondary N) is 1. The molecule has 0 bridgehead atoms. The van der Waals surface area contributed by atoms with Crippen molar-refractivity contribution in [2.24, 2.45) is 0 Å². The Hall–Kier alpha value is -1.24. The van der Waals surface area contributed by atoms with E-state index in [4.69, 9.17) is 11.6 Å². The van der Waals surface area contributed by atoms with E-state index in [1.54, 1.807) is 13.8 Å². The summed E-state index contributed by atoms with van der Waals surface area (Å²) in [7, 11) is 0. The summed E-state index contributed by atoms with van der Waals surface area (Å²) in [6.45, 7) is 4.50. The fourth-order valence-electron chi connectivity index (χ4n) is 1.86. The molecule has 0 spiro atoms. The predicted molar refractivity (Wildman–Crippen MR) is 65.8 cm³/mol. The molecule has 1 aromatic heterocycles. The first-order chi connectivity index (χ1) is 8.54. The van der Waals surface area contributed by atoms with E-state index in [0.29, 0.717) is 4.57 Å². The third-order valence-electron chi connectivity index (χ3n) is 2.67. The monoisotopic (exact) mass is 298 g/mol. The smallest absolute Gasteiger partial charge is 0.297 e. The van der Waals surface area contributed by atoms with Gasteiger partial charge in [0, 0.05) is 6.04 Å². The van der Waals surface area contributed by atoms with Gasteiger partial charge in [-0.1, -0.05) is 25.4 Å². The number of hydrogen-bond donors (Lipinski definition) is 1. The number of rotatable bonds is 3. The molecule has 0 saturated carbocycles. The minimum atomic E-state index is -4.46. The van der Waals surface area contributed by atoms with Crippen molar-refractivity contribution in [1.29, 1.82) is 0 Å². The number of hydrogen-bond acceptors (Lipinski definition) is 2. The highest BCUT2D eigenvalue weighted by molar-refractivity contribution is 6.30. The van der Waals surface area contributed by atoms with Crippen LogP contribution in [-0.4, -0.2) is 15.7 Å². The lowest BCUT2D eigenvalue weighted by Crippen LogP contribution is -2.40. The zero-order valence-electron chi connectivity index (χ0n) is 10.6. The van der Waals surface area contributed by atoms with E-state index in [0.717, 1.165) is 0 Å². The van der Waals surface area contributed by atoms with E-state index in [1.807, 2.05) is 0 Å². The Morgan fingerprint density at radius 3 is 2.21 bits per heavy atom. The lowest BCUT2D eigenvalue weighted by molar-refractivity contribution is -0.142. The molecular weight excluding hydrogens is 285 g/mol. The Labute approximate surface area is 112 Å². The molecule has 0 aliphatic rings. The Bertz CT molecular complexity index is 575. The number of nitrogens with zero attached hydrogens (tertiary/aromatic N) is 1. The number of aromatic amines is 1. The van der Waals surface area contributed by atoms with E-state index >= 15 is 0 Å². The molecule has 0 aliphatic carbocycles. The molecule has 19 heavy (non-hydrogen) atoms. The first-order valence-electron chi connectivity index (χ1n) is 5.65. The maximum atomic E-state index is 12.3. The highest BCUT2D eigenvalue weighted by Crippen LogP contribution is 2.26. The zero-order valence-corrected chi connectivity index (χ0v) is 11.4. The molecule has 0 fully saturated rings. The Morgan fingerprint density at radius 2 is 1.79 bits per heavy atom. The number of halogens is 4. The number of alkyl halides is 3. The van der Waals surface area contributed by atoms with E-state index in [2.05, 4.69) is 4.98 Å². The van der Waals surface area contributed by atoms with E-state index in [9.17, 15) is 22.8 Å². The van der Waals surface area contributed by atoms with Crippen molar-refractivity contribution in [3.63, 3.8) is 0 Å². The van der Waals surface area contributed by atoms with Crippen LogP contribution in [0.15, 0.2) is 9.59 Å². The second kappa shape index (κ2) is 5.40. The minimum Gasteiger partial charge on any atom is -0.297 e. The van der Waals surface area contributed by atoms with Crippen molar-refractivity contribution in [2.45, 2.75) is 45.3 Å². The largest absolute Gasteiger partial charge is 0.391 e. The molecule has 1 N–H and O–H groups in total. The van der Waals surface area contributed by atoms with Gasteiger partial charge in [-0.05, 0) is 12.8 Å². The summed E-state index contributed by atoms with van der Waals surface area (Å²) in [5.41, 5.74) is -1.60. The molecule has 0 saturated heterocycles. The maximum Gasteiger partial charge on any atom is 0.391 e. The summed E-state index contributed by atoms with van der Waals surface area (Å²) in [6, 6.07) is -1.29. The van der Waals surface area contributed by atoms with E-state index < -0.39 is 29.9 Å². The Balaban J connectivity index is 3.41. The molecule has 1 aromatic rings. The average molecular weight is 299 g/mol. The van der Waals surface area contributed by atoms with Gasteiger partial charge in [0.2, 0.25) is 0 Å². The molecule has 4 nitrogen and oxygen atoms in total. The quantitative estimate of drug-likeness (QED) is 0.872. The van der Waals surface area contributed by atoms with Gasteiger partial charge >= 0.3 is 11.9 Å². The van der Waals surface area contributed by atoms with Crippen LogP contribution in [0.25, 0.3) is 0 Å². The van der Waals surface area contributed by atoms with E-state index in [1.165, 1.54) is 6.92 Å². The zero-order chi connectivity index (χ0) is 15.0. The summed E-state index contributed by atoms with van der Waals surface area (Å²) < 4.78 is 37.6.